The molecule has 0 aliphatic rings. The van der Waals surface area contributed by atoms with Crippen molar-refractivity contribution in [2.45, 2.75) is 19.9 Å². The van der Waals surface area contributed by atoms with Gasteiger partial charge >= 0.3 is 0 Å². The van der Waals surface area contributed by atoms with Crippen molar-refractivity contribution in [1.29, 1.82) is 0 Å². The molecule has 0 unspecified atom stereocenters. The van der Waals surface area contributed by atoms with E-state index in [1.165, 1.54) is 0 Å². The maximum atomic E-state index is 12.4. The fourth-order valence-corrected chi connectivity index (χ4v) is 3.42. The molecule has 152 valence electrons. The van der Waals surface area contributed by atoms with Crippen molar-refractivity contribution in [1.82, 2.24) is 5.32 Å². The van der Waals surface area contributed by atoms with Crippen molar-refractivity contribution >= 4 is 21.6 Å². The molecule has 1 amide bonds. The summed E-state index contributed by atoms with van der Waals surface area (Å²) in [7, 11) is -2.01. The number of carbonyl (C=O) groups excluding carboxylic acids is 1. The van der Waals surface area contributed by atoms with Crippen molar-refractivity contribution in [3.05, 3.63) is 54.1 Å². The van der Waals surface area contributed by atoms with Crippen molar-refractivity contribution in [3.63, 3.8) is 0 Å². The van der Waals surface area contributed by atoms with Crippen molar-refractivity contribution in [2.24, 2.45) is 0 Å². The van der Waals surface area contributed by atoms with Gasteiger partial charge in [0.1, 0.15) is 24.7 Å². The number of carbonyl (C=O) groups is 1. The van der Waals surface area contributed by atoms with E-state index in [-0.39, 0.29) is 19.2 Å². The predicted molar refractivity (Wildman–Crippen MR) is 109 cm³/mol. The second-order valence-electron chi connectivity index (χ2n) is 6.56. The van der Waals surface area contributed by atoms with Gasteiger partial charge in [0.25, 0.3) is 0 Å². The average Bonchev–Trinajstić information content (AvgIpc) is 2.64. The molecule has 0 heterocycles. The molecule has 28 heavy (non-hydrogen) atoms. The van der Waals surface area contributed by atoms with Crippen LogP contribution in [0.5, 0.6) is 11.5 Å². The van der Waals surface area contributed by atoms with Crippen molar-refractivity contribution < 1.29 is 22.7 Å². The summed E-state index contributed by atoms with van der Waals surface area (Å²) in [6, 6.07) is 13.8. The van der Waals surface area contributed by atoms with Gasteiger partial charge in [-0.25, -0.2) is 8.42 Å². The number of anilines is 1. The van der Waals surface area contributed by atoms with Gasteiger partial charge in [-0.15, -0.1) is 0 Å². The van der Waals surface area contributed by atoms with E-state index in [0.29, 0.717) is 11.4 Å². The molecule has 1 N–H and O–H groups in total. The molecule has 7 nitrogen and oxygen atoms in total. The molecule has 0 aliphatic heterocycles. The van der Waals surface area contributed by atoms with Crippen LogP contribution in [-0.2, 0) is 14.8 Å². The van der Waals surface area contributed by atoms with Gasteiger partial charge in [-0.05, 0) is 55.8 Å². The first kappa shape index (κ1) is 21.6. The Balaban J connectivity index is 1.94. The molecule has 2 aromatic rings. The Bertz CT molecular complexity index is 897. The Labute approximate surface area is 166 Å². The first-order valence-electron chi connectivity index (χ1n) is 8.79. The molecule has 2 rings (SSSR count). The van der Waals surface area contributed by atoms with Crippen molar-refractivity contribution in [2.75, 3.05) is 30.8 Å². The van der Waals surface area contributed by atoms with Crippen LogP contribution >= 0.6 is 0 Å². The zero-order chi connectivity index (χ0) is 20.7. The Hall–Kier alpha value is -2.74. The number of methoxy groups -OCH3 is 1. The zero-order valence-corrected chi connectivity index (χ0v) is 17.3. The van der Waals surface area contributed by atoms with Crippen LogP contribution in [0.15, 0.2) is 48.5 Å². The SMILES string of the molecule is COc1ccc(OC[C@H](C)NC(=O)CN(c2cccc(C)c2)S(C)(=O)=O)cc1. The number of amides is 1. The van der Waals surface area contributed by atoms with Crippen LogP contribution in [0.4, 0.5) is 5.69 Å². The normalized spacial score (nSPS) is 12.1. The standard InChI is InChI=1S/C20H26N2O5S/c1-15-6-5-7-17(12-15)22(28(4,24)25)13-20(23)21-16(2)14-27-19-10-8-18(26-3)9-11-19/h5-12,16H,13-14H2,1-4H3,(H,21,23)/t16-/m0/s1. The number of benzene rings is 2. The highest BCUT2D eigenvalue weighted by atomic mass is 32.2. The van der Waals surface area contributed by atoms with Crippen molar-refractivity contribution in [3.8, 4) is 11.5 Å². The van der Waals surface area contributed by atoms with E-state index in [1.54, 1.807) is 56.5 Å². The molecule has 0 saturated heterocycles. The Morgan fingerprint density at radius 1 is 1.14 bits per heavy atom. The summed E-state index contributed by atoms with van der Waals surface area (Å²) in [6.45, 7) is 3.61. The highest BCUT2D eigenvalue weighted by Crippen LogP contribution is 2.19. The van der Waals surface area contributed by atoms with Gasteiger partial charge in [0.15, 0.2) is 0 Å². The first-order valence-corrected chi connectivity index (χ1v) is 10.6. The van der Waals surface area contributed by atoms with Crippen LogP contribution in [-0.4, -0.2) is 46.9 Å². The van der Waals surface area contributed by atoms with Gasteiger partial charge in [0.05, 0.1) is 25.1 Å². The summed E-state index contributed by atoms with van der Waals surface area (Å²) in [6.07, 6.45) is 1.08. The van der Waals surface area contributed by atoms with Crippen LogP contribution in [0, 0.1) is 6.92 Å². The zero-order valence-electron chi connectivity index (χ0n) is 16.5. The molecule has 0 aliphatic carbocycles. The van der Waals surface area contributed by atoms with E-state index in [1.807, 2.05) is 13.0 Å². The Morgan fingerprint density at radius 2 is 1.79 bits per heavy atom. The monoisotopic (exact) mass is 406 g/mol. The third-order valence-electron chi connectivity index (χ3n) is 3.94. The minimum atomic E-state index is -3.60. The second kappa shape index (κ2) is 9.45. The number of sulfonamides is 1. The minimum Gasteiger partial charge on any atom is -0.497 e. The first-order chi connectivity index (χ1) is 13.2. The third-order valence-corrected chi connectivity index (χ3v) is 5.08. The summed E-state index contributed by atoms with van der Waals surface area (Å²) < 4.78 is 36.1. The van der Waals surface area contributed by atoms with E-state index >= 15 is 0 Å². The molecule has 0 aromatic heterocycles. The second-order valence-corrected chi connectivity index (χ2v) is 8.47. The van der Waals surface area contributed by atoms with Crippen LogP contribution in [0.3, 0.4) is 0 Å². The largest absolute Gasteiger partial charge is 0.497 e. The highest BCUT2D eigenvalue weighted by molar-refractivity contribution is 7.92. The Morgan fingerprint density at radius 3 is 2.36 bits per heavy atom. The summed E-state index contributed by atoms with van der Waals surface area (Å²) in [4.78, 5) is 12.4. The summed E-state index contributed by atoms with van der Waals surface area (Å²) in [5.41, 5.74) is 1.37. The smallest absolute Gasteiger partial charge is 0.241 e. The molecule has 0 fully saturated rings. The van der Waals surface area contributed by atoms with Gasteiger partial charge < -0.3 is 14.8 Å². The number of nitrogens with one attached hydrogen (secondary N) is 1. The number of nitrogens with zero attached hydrogens (tertiary/aromatic N) is 1. The van der Waals surface area contributed by atoms with Crippen LogP contribution < -0.4 is 19.1 Å². The molecule has 0 spiro atoms. The van der Waals surface area contributed by atoms with E-state index in [9.17, 15) is 13.2 Å². The van der Waals surface area contributed by atoms with Crippen LogP contribution in [0.1, 0.15) is 12.5 Å². The number of hydrogen-bond acceptors (Lipinski definition) is 5. The molecule has 0 bridgehead atoms. The van der Waals surface area contributed by atoms with E-state index in [4.69, 9.17) is 9.47 Å². The van der Waals surface area contributed by atoms with Gasteiger partial charge in [0.2, 0.25) is 15.9 Å². The molecule has 8 heteroatoms. The minimum absolute atomic E-state index is 0.251. The molecular weight excluding hydrogens is 380 g/mol. The average molecular weight is 407 g/mol. The molecule has 1 atom stereocenters. The fourth-order valence-electron chi connectivity index (χ4n) is 2.57. The molecular formula is C20H26N2O5S. The Kier molecular flexibility index (Phi) is 7.28. The number of rotatable bonds is 9. The van der Waals surface area contributed by atoms with E-state index in [0.717, 1.165) is 21.9 Å². The fraction of sp³-hybridized carbons (Fsp3) is 0.350. The maximum Gasteiger partial charge on any atom is 0.241 e. The summed E-state index contributed by atoms with van der Waals surface area (Å²) in [5, 5.41) is 2.76. The quantitative estimate of drug-likeness (QED) is 0.691. The lowest BCUT2D eigenvalue weighted by Crippen LogP contribution is -2.44. The summed E-state index contributed by atoms with van der Waals surface area (Å²) >= 11 is 0. The molecule has 2 aromatic carbocycles. The van der Waals surface area contributed by atoms with Gasteiger partial charge in [-0.1, -0.05) is 12.1 Å². The van der Waals surface area contributed by atoms with Gasteiger partial charge in [0, 0.05) is 0 Å². The van der Waals surface area contributed by atoms with E-state index < -0.39 is 15.9 Å². The number of aryl methyl sites for hydroxylation is 1. The predicted octanol–water partition coefficient (Wildman–Crippen LogP) is 2.35. The number of hydrogen-bond donors (Lipinski definition) is 1. The van der Waals surface area contributed by atoms with E-state index in [2.05, 4.69) is 5.32 Å². The lowest BCUT2D eigenvalue weighted by molar-refractivity contribution is -0.120. The molecule has 0 radical (unpaired) electrons. The lowest BCUT2D eigenvalue weighted by atomic mass is 10.2. The van der Waals surface area contributed by atoms with Gasteiger partial charge in [-0.3, -0.25) is 9.10 Å². The highest BCUT2D eigenvalue weighted by Gasteiger charge is 2.21. The lowest BCUT2D eigenvalue weighted by Gasteiger charge is -2.23. The third kappa shape index (κ3) is 6.45. The van der Waals surface area contributed by atoms with Gasteiger partial charge in [-0.2, -0.15) is 0 Å². The maximum absolute atomic E-state index is 12.4. The number of ether oxygens (including phenoxy) is 2. The molecule has 0 saturated carbocycles. The summed E-state index contributed by atoms with van der Waals surface area (Å²) in [5.74, 6) is 0.975. The van der Waals surface area contributed by atoms with Crippen LogP contribution in [0.25, 0.3) is 0 Å². The topological polar surface area (TPSA) is 84.9 Å². The van der Waals surface area contributed by atoms with Crippen LogP contribution in [0.2, 0.25) is 0 Å².